The van der Waals surface area contributed by atoms with E-state index < -0.39 is 24.9 Å². The van der Waals surface area contributed by atoms with Gasteiger partial charge in [0, 0.05) is 37.2 Å². The lowest BCUT2D eigenvalue weighted by Gasteiger charge is -2.34. The molecule has 2 N–H and O–H groups in total. The molecule has 1 aromatic carbocycles. The number of alkyl halides is 3. The minimum Gasteiger partial charge on any atom is -0.371 e. The van der Waals surface area contributed by atoms with Crippen LogP contribution in [0.25, 0.3) is 6.08 Å². The molecule has 0 spiro atoms. The molecule has 0 atom stereocenters. The topological polar surface area (TPSA) is 69.6 Å². The summed E-state index contributed by atoms with van der Waals surface area (Å²) in [6.07, 6.45) is -2.04. The average Bonchev–Trinajstić information content (AvgIpc) is 2.64. The average molecular weight is 370 g/mol. The number of hydroxylamine groups is 1. The van der Waals surface area contributed by atoms with Crippen molar-refractivity contribution >= 4 is 23.5 Å². The van der Waals surface area contributed by atoms with Crippen LogP contribution in [0.1, 0.15) is 31.2 Å². The second-order valence-corrected chi connectivity index (χ2v) is 6.21. The normalized spacial score (nSPS) is 16.1. The van der Waals surface area contributed by atoms with Gasteiger partial charge in [-0.3, -0.25) is 14.8 Å². The standard InChI is InChI=1S/C18H21F3N2O3/c19-18(20,21)10-7-16(24)14-8-11-23(12-9-14)15-4-2-1-3-13(15)5-6-17(25)22-26/h1-6,14,26H,7-12H2,(H,22,25)/b6-5+. The summed E-state index contributed by atoms with van der Waals surface area (Å²) in [5.41, 5.74) is 3.16. The number of piperidine rings is 1. The van der Waals surface area contributed by atoms with Gasteiger partial charge < -0.3 is 4.90 Å². The molecule has 8 heteroatoms. The molecule has 2 rings (SSSR count). The highest BCUT2D eigenvalue weighted by atomic mass is 19.4. The number of ketones is 1. The van der Waals surface area contributed by atoms with Crippen molar-refractivity contribution < 1.29 is 28.0 Å². The van der Waals surface area contributed by atoms with Gasteiger partial charge in [0.05, 0.1) is 6.42 Å². The predicted octanol–water partition coefficient (Wildman–Crippen LogP) is 3.33. The van der Waals surface area contributed by atoms with Gasteiger partial charge in [0.2, 0.25) is 0 Å². The molecule has 0 aromatic heterocycles. The molecule has 1 aliphatic heterocycles. The smallest absolute Gasteiger partial charge is 0.371 e. The van der Waals surface area contributed by atoms with E-state index >= 15 is 0 Å². The van der Waals surface area contributed by atoms with Gasteiger partial charge >= 0.3 is 6.18 Å². The lowest BCUT2D eigenvalue weighted by atomic mass is 9.90. The van der Waals surface area contributed by atoms with Crippen molar-refractivity contribution in [2.45, 2.75) is 31.9 Å². The summed E-state index contributed by atoms with van der Waals surface area (Å²) in [5, 5.41) is 8.54. The van der Waals surface area contributed by atoms with E-state index in [4.69, 9.17) is 5.21 Å². The second kappa shape index (κ2) is 8.84. The molecule has 5 nitrogen and oxygen atoms in total. The van der Waals surface area contributed by atoms with Gasteiger partial charge in [-0.25, -0.2) is 5.48 Å². The highest BCUT2D eigenvalue weighted by molar-refractivity contribution is 5.92. The minimum atomic E-state index is -4.30. The van der Waals surface area contributed by atoms with E-state index in [1.165, 1.54) is 11.6 Å². The van der Waals surface area contributed by atoms with E-state index in [-0.39, 0.29) is 11.7 Å². The molecule has 142 valence electrons. The number of Topliss-reactive ketones (excluding diaryl/α,β-unsaturated/α-hetero) is 1. The molecule has 1 amide bonds. The van der Waals surface area contributed by atoms with Gasteiger partial charge in [0.25, 0.3) is 5.91 Å². The molecule has 0 unspecified atom stereocenters. The summed E-state index contributed by atoms with van der Waals surface area (Å²) < 4.78 is 36.8. The Morgan fingerprint density at radius 3 is 2.50 bits per heavy atom. The number of nitrogens with one attached hydrogen (secondary N) is 1. The number of hydrogen-bond donors (Lipinski definition) is 2. The molecular weight excluding hydrogens is 349 g/mol. The molecular formula is C18H21F3N2O3. The molecule has 0 bridgehead atoms. The molecule has 0 aliphatic carbocycles. The highest BCUT2D eigenvalue weighted by Gasteiger charge is 2.31. The molecule has 1 aromatic rings. The number of anilines is 1. The molecule has 1 saturated heterocycles. The van der Waals surface area contributed by atoms with E-state index in [1.54, 1.807) is 6.08 Å². The summed E-state index contributed by atoms with van der Waals surface area (Å²) in [5.74, 6) is -1.31. The SMILES string of the molecule is O=C(/C=C/c1ccccc1N1CCC(C(=O)CCC(F)(F)F)CC1)NO. The Hall–Kier alpha value is -2.35. The number of hydrogen-bond acceptors (Lipinski definition) is 4. The molecule has 1 heterocycles. The number of amides is 1. The Balaban J connectivity index is 1.97. The van der Waals surface area contributed by atoms with E-state index in [2.05, 4.69) is 0 Å². The molecule has 1 fully saturated rings. The molecule has 26 heavy (non-hydrogen) atoms. The van der Waals surface area contributed by atoms with Crippen LogP contribution in [-0.2, 0) is 9.59 Å². The van der Waals surface area contributed by atoms with Crippen LogP contribution < -0.4 is 10.4 Å². The maximum atomic E-state index is 12.3. The lowest BCUT2D eigenvalue weighted by molar-refractivity contribution is -0.145. The van der Waals surface area contributed by atoms with Gasteiger partial charge in [0.1, 0.15) is 5.78 Å². The first-order chi connectivity index (χ1) is 12.3. The number of rotatable bonds is 6. The van der Waals surface area contributed by atoms with Gasteiger partial charge in [-0.15, -0.1) is 0 Å². The second-order valence-electron chi connectivity index (χ2n) is 6.21. The van der Waals surface area contributed by atoms with E-state index in [0.29, 0.717) is 25.9 Å². The van der Waals surface area contributed by atoms with Crippen LogP contribution in [0.2, 0.25) is 0 Å². The highest BCUT2D eigenvalue weighted by Crippen LogP contribution is 2.29. The zero-order chi connectivity index (χ0) is 19.2. The van der Waals surface area contributed by atoms with Crippen molar-refractivity contribution in [2.24, 2.45) is 5.92 Å². The Labute approximate surface area is 149 Å². The number of carbonyl (C=O) groups is 2. The van der Waals surface area contributed by atoms with Crippen LogP contribution in [-0.4, -0.2) is 36.2 Å². The van der Waals surface area contributed by atoms with Crippen LogP contribution >= 0.6 is 0 Å². The predicted molar refractivity (Wildman–Crippen MR) is 90.6 cm³/mol. The van der Waals surface area contributed by atoms with Crippen LogP contribution in [0, 0.1) is 5.92 Å². The fraction of sp³-hybridized carbons (Fsp3) is 0.444. The lowest BCUT2D eigenvalue weighted by Crippen LogP contribution is -2.36. The van der Waals surface area contributed by atoms with E-state index in [0.717, 1.165) is 11.3 Å². The Morgan fingerprint density at radius 2 is 1.88 bits per heavy atom. The van der Waals surface area contributed by atoms with Gasteiger partial charge in [0.15, 0.2) is 0 Å². The van der Waals surface area contributed by atoms with Crippen LogP contribution in [0.3, 0.4) is 0 Å². The minimum absolute atomic E-state index is 0.324. The van der Waals surface area contributed by atoms with E-state index in [1.807, 2.05) is 29.2 Å². The zero-order valence-corrected chi connectivity index (χ0v) is 14.1. The third-order valence-electron chi connectivity index (χ3n) is 4.41. The van der Waals surface area contributed by atoms with E-state index in [9.17, 15) is 22.8 Å². The van der Waals surface area contributed by atoms with Crippen LogP contribution in [0.4, 0.5) is 18.9 Å². The number of para-hydroxylation sites is 1. The fourth-order valence-electron chi connectivity index (χ4n) is 3.03. The monoisotopic (exact) mass is 370 g/mol. The number of halogens is 3. The number of benzene rings is 1. The molecule has 1 aliphatic rings. The van der Waals surface area contributed by atoms with Crippen molar-refractivity contribution in [3.05, 3.63) is 35.9 Å². The third kappa shape index (κ3) is 5.87. The zero-order valence-electron chi connectivity index (χ0n) is 14.1. The van der Waals surface area contributed by atoms with Crippen molar-refractivity contribution in [3.8, 4) is 0 Å². The van der Waals surface area contributed by atoms with Crippen LogP contribution in [0.15, 0.2) is 30.3 Å². The Morgan fingerprint density at radius 1 is 1.23 bits per heavy atom. The third-order valence-corrected chi connectivity index (χ3v) is 4.41. The maximum Gasteiger partial charge on any atom is 0.389 e. The summed E-state index contributed by atoms with van der Waals surface area (Å²) in [6.45, 7) is 1.11. The first-order valence-corrected chi connectivity index (χ1v) is 8.36. The number of nitrogens with zero attached hydrogens (tertiary/aromatic N) is 1. The summed E-state index contributed by atoms with van der Waals surface area (Å²) >= 11 is 0. The Bertz CT molecular complexity index is 666. The van der Waals surface area contributed by atoms with Crippen molar-refractivity contribution in [1.82, 2.24) is 5.48 Å². The van der Waals surface area contributed by atoms with Crippen LogP contribution in [0.5, 0.6) is 0 Å². The quantitative estimate of drug-likeness (QED) is 0.458. The maximum absolute atomic E-state index is 12.3. The first-order valence-electron chi connectivity index (χ1n) is 8.36. The van der Waals surface area contributed by atoms with Crippen molar-refractivity contribution in [1.29, 1.82) is 0 Å². The van der Waals surface area contributed by atoms with Crippen molar-refractivity contribution in [3.63, 3.8) is 0 Å². The largest absolute Gasteiger partial charge is 0.389 e. The molecule has 0 radical (unpaired) electrons. The molecule has 0 saturated carbocycles. The van der Waals surface area contributed by atoms with Crippen molar-refractivity contribution in [2.75, 3.05) is 18.0 Å². The van der Waals surface area contributed by atoms with Gasteiger partial charge in [-0.05, 0) is 30.5 Å². The first kappa shape index (κ1) is 20.0. The number of carbonyl (C=O) groups excluding carboxylic acids is 2. The van der Waals surface area contributed by atoms with Gasteiger partial charge in [-0.1, -0.05) is 18.2 Å². The summed E-state index contributed by atoms with van der Waals surface area (Å²) in [7, 11) is 0. The summed E-state index contributed by atoms with van der Waals surface area (Å²) in [6, 6.07) is 7.35. The Kier molecular flexibility index (Phi) is 6.79. The fourth-order valence-corrected chi connectivity index (χ4v) is 3.03. The summed E-state index contributed by atoms with van der Waals surface area (Å²) in [4.78, 5) is 25.2. The van der Waals surface area contributed by atoms with Gasteiger partial charge in [-0.2, -0.15) is 13.2 Å².